The molecule has 0 aromatic carbocycles. The maximum Gasteiger partial charge on any atom is 0.362 e. The van der Waals surface area contributed by atoms with Crippen LogP contribution in [0, 0.1) is 5.41 Å². The summed E-state index contributed by atoms with van der Waals surface area (Å²) in [5, 5.41) is 15.4. The Morgan fingerprint density at radius 2 is 2.23 bits per heavy atom. The van der Waals surface area contributed by atoms with E-state index >= 15 is 0 Å². The Labute approximate surface area is 91.5 Å². The third-order valence-electron chi connectivity index (χ3n) is 1.30. The molecule has 0 radical (unpaired) electrons. The molecule has 7 heteroatoms. The van der Waals surface area contributed by atoms with Gasteiger partial charge in [-0.25, -0.2) is 4.79 Å². The molecule has 0 spiro atoms. The topological polar surface area (TPSA) is 115 Å². The van der Waals surface area contributed by atoms with E-state index in [4.69, 9.17) is 16.2 Å². The number of quaternary nitrogens is 1. The zero-order chi connectivity index (χ0) is 9.56. The SMILES string of the molecule is N=C(N)SCCC[C@H]([NH3+])C(=O)O.[Br-]. The van der Waals surface area contributed by atoms with Crippen LogP contribution in [-0.4, -0.2) is 28.0 Å². The van der Waals surface area contributed by atoms with Crippen molar-refractivity contribution < 1.29 is 32.6 Å². The number of carbonyl (C=O) groups is 1. The van der Waals surface area contributed by atoms with Crippen LogP contribution in [-0.2, 0) is 4.79 Å². The highest BCUT2D eigenvalue weighted by Gasteiger charge is 2.14. The Morgan fingerprint density at radius 3 is 2.62 bits per heavy atom. The Balaban J connectivity index is 0. The van der Waals surface area contributed by atoms with Gasteiger partial charge in [0, 0.05) is 12.2 Å². The quantitative estimate of drug-likeness (QED) is 0.232. The van der Waals surface area contributed by atoms with Crippen LogP contribution >= 0.6 is 11.8 Å². The summed E-state index contributed by atoms with van der Waals surface area (Å²) in [6.07, 6.45) is 1.26. The molecule has 1 atom stereocenters. The molecule has 0 fully saturated rings. The van der Waals surface area contributed by atoms with Crippen LogP contribution in [0.25, 0.3) is 0 Å². The average molecular weight is 272 g/mol. The molecule has 0 unspecified atom stereocenters. The van der Waals surface area contributed by atoms with Crippen molar-refractivity contribution in [1.82, 2.24) is 0 Å². The lowest BCUT2D eigenvalue weighted by atomic mass is 10.2. The van der Waals surface area contributed by atoms with Crippen LogP contribution in [0.3, 0.4) is 0 Å². The van der Waals surface area contributed by atoms with E-state index in [1.165, 1.54) is 11.8 Å². The number of hydrogen-bond acceptors (Lipinski definition) is 3. The van der Waals surface area contributed by atoms with Crippen LogP contribution in [0.4, 0.5) is 0 Å². The molecule has 13 heavy (non-hydrogen) atoms. The lowest BCUT2D eigenvalue weighted by Gasteiger charge is -2.01. The zero-order valence-corrected chi connectivity index (χ0v) is 9.53. The molecule has 0 heterocycles. The molecular weight excluding hydrogens is 258 g/mol. The van der Waals surface area contributed by atoms with E-state index in [0.717, 1.165) is 6.42 Å². The summed E-state index contributed by atoms with van der Waals surface area (Å²) in [5.41, 5.74) is 8.54. The Morgan fingerprint density at radius 1 is 1.69 bits per heavy atom. The van der Waals surface area contributed by atoms with Crippen LogP contribution in [0.5, 0.6) is 0 Å². The van der Waals surface area contributed by atoms with Gasteiger partial charge in [-0.1, -0.05) is 11.8 Å². The van der Waals surface area contributed by atoms with Gasteiger partial charge < -0.3 is 33.6 Å². The van der Waals surface area contributed by atoms with Crippen molar-refractivity contribution in [2.75, 3.05) is 5.75 Å². The second-order valence-electron chi connectivity index (χ2n) is 2.39. The first-order valence-electron chi connectivity index (χ1n) is 3.56. The van der Waals surface area contributed by atoms with Gasteiger partial charge in [-0.2, -0.15) is 0 Å². The number of amidine groups is 1. The second kappa shape index (κ2) is 8.33. The van der Waals surface area contributed by atoms with E-state index in [0.29, 0.717) is 12.2 Å². The summed E-state index contributed by atoms with van der Waals surface area (Å²) in [4.78, 5) is 10.3. The summed E-state index contributed by atoms with van der Waals surface area (Å²) >= 11 is 1.23. The molecule has 0 aromatic rings. The van der Waals surface area contributed by atoms with Gasteiger partial charge in [0.15, 0.2) is 11.2 Å². The summed E-state index contributed by atoms with van der Waals surface area (Å²) in [7, 11) is 0. The number of hydrogen-bond donors (Lipinski definition) is 4. The number of nitrogens with one attached hydrogen (secondary N) is 1. The third kappa shape index (κ3) is 9.65. The molecule has 0 aliphatic heterocycles. The van der Waals surface area contributed by atoms with E-state index in [9.17, 15) is 4.79 Å². The smallest absolute Gasteiger partial charge is 0.362 e. The van der Waals surface area contributed by atoms with Crippen molar-refractivity contribution in [2.24, 2.45) is 5.73 Å². The first kappa shape index (κ1) is 15.2. The number of carboxylic acids is 1. The monoisotopic (exact) mass is 271 g/mol. The predicted octanol–water partition coefficient (Wildman–Crippen LogP) is -3.91. The molecule has 0 aliphatic rings. The molecule has 0 saturated heterocycles. The number of thioether (sulfide) groups is 1. The van der Waals surface area contributed by atoms with E-state index in [1.54, 1.807) is 0 Å². The first-order valence-corrected chi connectivity index (χ1v) is 4.55. The fourth-order valence-electron chi connectivity index (χ4n) is 0.635. The molecule has 0 rings (SSSR count). The minimum Gasteiger partial charge on any atom is -1.00 e. The summed E-state index contributed by atoms with van der Waals surface area (Å²) < 4.78 is 0. The van der Waals surface area contributed by atoms with Crippen LogP contribution in [0.15, 0.2) is 0 Å². The molecule has 5 nitrogen and oxygen atoms in total. The Bertz CT molecular complexity index is 179. The van der Waals surface area contributed by atoms with Gasteiger partial charge in [0.1, 0.15) is 0 Å². The Kier molecular flexibility index (Phi) is 9.75. The minimum absolute atomic E-state index is 0. The second-order valence-corrected chi connectivity index (χ2v) is 3.53. The van der Waals surface area contributed by atoms with Crippen LogP contribution in [0.2, 0.25) is 0 Å². The number of rotatable bonds is 5. The van der Waals surface area contributed by atoms with Crippen molar-refractivity contribution in [3.63, 3.8) is 0 Å². The molecule has 0 bridgehead atoms. The summed E-state index contributed by atoms with van der Waals surface area (Å²) in [5.74, 6) is -0.183. The molecule has 7 N–H and O–H groups in total. The molecule has 0 aromatic heterocycles. The van der Waals surface area contributed by atoms with E-state index in [1.807, 2.05) is 0 Å². The van der Waals surface area contributed by atoms with E-state index in [2.05, 4.69) is 5.73 Å². The fraction of sp³-hybridized carbons (Fsp3) is 0.667. The zero-order valence-electron chi connectivity index (χ0n) is 7.12. The lowest BCUT2D eigenvalue weighted by Crippen LogP contribution is -3.00. The standard InChI is InChI=1S/C6H13N3O2S.BrH/c7-4(5(10)11)2-1-3-12-6(8)9;/h4H,1-3,7H2,(H3,8,9)(H,10,11);1H/t4-;/m0./s1. The molecular formula is C6H14BrN3O2S. The minimum atomic E-state index is -0.872. The lowest BCUT2D eigenvalue weighted by molar-refractivity contribution is -0.408. The van der Waals surface area contributed by atoms with Gasteiger partial charge in [-0.3, -0.25) is 5.41 Å². The van der Waals surface area contributed by atoms with Gasteiger partial charge in [-0.15, -0.1) is 0 Å². The van der Waals surface area contributed by atoms with Gasteiger partial charge in [-0.05, 0) is 6.42 Å². The number of aliphatic carboxylic acids is 1. The van der Waals surface area contributed by atoms with Gasteiger partial charge >= 0.3 is 5.97 Å². The maximum absolute atomic E-state index is 10.3. The van der Waals surface area contributed by atoms with Gasteiger partial charge in [0.2, 0.25) is 0 Å². The fourth-order valence-corrected chi connectivity index (χ4v) is 1.17. The molecule has 0 saturated carbocycles. The van der Waals surface area contributed by atoms with E-state index in [-0.39, 0.29) is 22.1 Å². The van der Waals surface area contributed by atoms with Gasteiger partial charge in [0.05, 0.1) is 0 Å². The summed E-state index contributed by atoms with van der Waals surface area (Å²) in [6.45, 7) is 0. The largest absolute Gasteiger partial charge is 1.00 e. The average Bonchev–Trinajstić information content (AvgIpc) is 1.97. The molecule has 0 amide bonds. The molecule has 78 valence electrons. The Hall–Kier alpha value is -0.270. The number of nitrogens with two attached hydrogens (primary N) is 1. The first-order chi connectivity index (χ1) is 5.54. The highest BCUT2D eigenvalue weighted by Crippen LogP contribution is 2.03. The molecule has 0 aliphatic carbocycles. The van der Waals surface area contributed by atoms with Gasteiger partial charge in [0.25, 0.3) is 0 Å². The van der Waals surface area contributed by atoms with Crippen molar-refractivity contribution in [1.29, 1.82) is 5.41 Å². The van der Waals surface area contributed by atoms with Crippen LogP contribution in [0.1, 0.15) is 12.8 Å². The van der Waals surface area contributed by atoms with Crippen molar-refractivity contribution in [3.05, 3.63) is 0 Å². The number of carboxylic acid groups (broad SMARTS) is 1. The van der Waals surface area contributed by atoms with Crippen molar-refractivity contribution >= 4 is 22.9 Å². The highest BCUT2D eigenvalue weighted by molar-refractivity contribution is 8.13. The third-order valence-corrected chi connectivity index (χ3v) is 2.11. The number of halogens is 1. The van der Waals surface area contributed by atoms with Crippen LogP contribution < -0.4 is 28.4 Å². The highest BCUT2D eigenvalue weighted by atomic mass is 79.9. The maximum atomic E-state index is 10.3. The van der Waals surface area contributed by atoms with Crippen molar-refractivity contribution in [2.45, 2.75) is 18.9 Å². The predicted molar refractivity (Wildman–Crippen MR) is 47.9 cm³/mol. The summed E-state index contributed by atoms with van der Waals surface area (Å²) in [6, 6.07) is -0.544. The normalized spacial score (nSPS) is 11.5. The van der Waals surface area contributed by atoms with Crippen molar-refractivity contribution in [3.8, 4) is 0 Å². The van der Waals surface area contributed by atoms with E-state index < -0.39 is 12.0 Å².